The summed E-state index contributed by atoms with van der Waals surface area (Å²) >= 11 is 0. The van der Waals surface area contributed by atoms with Gasteiger partial charge in [0.05, 0.1) is 0 Å². The van der Waals surface area contributed by atoms with Crippen molar-refractivity contribution in [1.29, 1.82) is 0 Å². The summed E-state index contributed by atoms with van der Waals surface area (Å²) in [5.74, 6) is 0.112. The lowest BCUT2D eigenvalue weighted by molar-refractivity contribution is -0.124. The molecule has 0 aromatic heterocycles. The molecule has 0 bridgehead atoms. The van der Waals surface area contributed by atoms with Crippen LogP contribution in [-0.2, 0) is 10.2 Å². The molecule has 2 aromatic carbocycles. The van der Waals surface area contributed by atoms with E-state index in [0.29, 0.717) is 6.42 Å². The molecule has 0 unspecified atom stereocenters. The van der Waals surface area contributed by atoms with Crippen molar-refractivity contribution in [3.05, 3.63) is 65.2 Å². The lowest BCUT2D eigenvalue weighted by atomic mass is 9.74. The predicted molar refractivity (Wildman–Crippen MR) is 117 cm³/mol. The standard InChI is InChI=1S/C24H29N3O/c1-17-6-11-21-20(16-17)23(2,3)24(25-22(28)13-15-27(21)24)14-12-18-7-9-19(10-8-18)26(4)5/h6-12,14,16H,13,15H2,1-5H3,(H,25,28)/t24-/m0/s1. The molecule has 0 spiro atoms. The van der Waals surface area contributed by atoms with Crippen molar-refractivity contribution in [3.8, 4) is 0 Å². The molecule has 4 nitrogen and oxygen atoms in total. The molecule has 1 amide bonds. The molecule has 2 aliphatic rings. The molecule has 2 aromatic rings. The largest absolute Gasteiger partial charge is 0.378 e. The average molecular weight is 376 g/mol. The molecule has 146 valence electrons. The Morgan fingerprint density at radius 3 is 2.50 bits per heavy atom. The van der Waals surface area contributed by atoms with Gasteiger partial charge < -0.3 is 15.1 Å². The summed E-state index contributed by atoms with van der Waals surface area (Å²) in [7, 11) is 4.08. The van der Waals surface area contributed by atoms with Crippen molar-refractivity contribution >= 4 is 23.4 Å². The van der Waals surface area contributed by atoms with Crippen LogP contribution >= 0.6 is 0 Å². The van der Waals surface area contributed by atoms with Crippen LogP contribution in [0, 0.1) is 6.92 Å². The van der Waals surface area contributed by atoms with Crippen LogP contribution in [0.5, 0.6) is 0 Å². The van der Waals surface area contributed by atoms with Crippen LogP contribution in [0.4, 0.5) is 11.4 Å². The molecule has 1 fully saturated rings. The Bertz CT molecular complexity index is 943. The monoisotopic (exact) mass is 375 g/mol. The normalized spacial score (nSPS) is 22.8. The van der Waals surface area contributed by atoms with Crippen LogP contribution in [0.25, 0.3) is 6.08 Å². The molecule has 0 saturated carbocycles. The Morgan fingerprint density at radius 2 is 1.82 bits per heavy atom. The topological polar surface area (TPSA) is 35.6 Å². The van der Waals surface area contributed by atoms with Crippen molar-refractivity contribution in [3.63, 3.8) is 0 Å². The van der Waals surface area contributed by atoms with Crippen LogP contribution in [0.1, 0.15) is 37.0 Å². The number of rotatable bonds is 3. The van der Waals surface area contributed by atoms with Crippen molar-refractivity contribution in [2.24, 2.45) is 0 Å². The van der Waals surface area contributed by atoms with Crippen molar-refractivity contribution in [2.75, 3.05) is 30.4 Å². The van der Waals surface area contributed by atoms with Gasteiger partial charge >= 0.3 is 0 Å². The van der Waals surface area contributed by atoms with Gasteiger partial charge in [-0.05, 0) is 42.3 Å². The average Bonchev–Trinajstić information content (AvgIpc) is 2.84. The van der Waals surface area contributed by atoms with Gasteiger partial charge in [-0.2, -0.15) is 0 Å². The minimum Gasteiger partial charge on any atom is -0.378 e. The van der Waals surface area contributed by atoms with Gasteiger partial charge in [0.1, 0.15) is 5.66 Å². The predicted octanol–water partition coefficient (Wildman–Crippen LogP) is 4.09. The van der Waals surface area contributed by atoms with Gasteiger partial charge in [0.25, 0.3) is 0 Å². The Hall–Kier alpha value is -2.75. The first kappa shape index (κ1) is 18.6. The van der Waals surface area contributed by atoms with E-state index in [0.717, 1.165) is 12.1 Å². The van der Waals surface area contributed by atoms with Crippen molar-refractivity contribution in [2.45, 2.75) is 38.3 Å². The number of benzene rings is 2. The Morgan fingerprint density at radius 1 is 1.11 bits per heavy atom. The summed E-state index contributed by atoms with van der Waals surface area (Å²) in [5, 5.41) is 3.34. The summed E-state index contributed by atoms with van der Waals surface area (Å²) in [6.45, 7) is 7.32. The second kappa shape index (κ2) is 6.40. The number of carbonyl (C=O) groups is 1. The molecule has 28 heavy (non-hydrogen) atoms. The number of carbonyl (C=O) groups excluding carboxylic acids is 1. The van der Waals surface area contributed by atoms with Crippen molar-refractivity contribution in [1.82, 2.24) is 5.32 Å². The van der Waals surface area contributed by atoms with Gasteiger partial charge in [0, 0.05) is 43.9 Å². The first-order valence-corrected chi connectivity index (χ1v) is 9.91. The summed E-state index contributed by atoms with van der Waals surface area (Å²) in [6, 6.07) is 15.1. The molecule has 1 atom stereocenters. The number of aryl methyl sites for hydroxylation is 1. The van der Waals surface area contributed by atoms with Gasteiger partial charge in [-0.15, -0.1) is 0 Å². The van der Waals surface area contributed by atoms with Crippen LogP contribution in [0.2, 0.25) is 0 Å². The van der Waals surface area contributed by atoms with E-state index in [9.17, 15) is 4.79 Å². The van der Waals surface area contributed by atoms with Gasteiger partial charge in [-0.3, -0.25) is 4.79 Å². The quantitative estimate of drug-likeness (QED) is 0.878. The number of amides is 1. The molecule has 0 radical (unpaired) electrons. The highest BCUT2D eigenvalue weighted by molar-refractivity contribution is 5.84. The van der Waals surface area contributed by atoms with Gasteiger partial charge in [-0.1, -0.05) is 49.8 Å². The van der Waals surface area contributed by atoms with E-state index in [2.05, 4.69) is 90.5 Å². The first-order chi connectivity index (χ1) is 13.2. The van der Waals surface area contributed by atoms with E-state index in [1.165, 1.54) is 22.5 Å². The SMILES string of the molecule is Cc1ccc2c(c1)C(C)(C)[C@@]1(C=Cc3ccc(N(C)C)cc3)NC(=O)CCN21. The fraction of sp³-hybridized carbons (Fsp3) is 0.375. The molecular formula is C24H29N3O. The smallest absolute Gasteiger partial charge is 0.223 e. The highest BCUT2D eigenvalue weighted by atomic mass is 16.2. The number of anilines is 2. The van der Waals surface area contributed by atoms with Crippen LogP contribution in [0.15, 0.2) is 48.5 Å². The van der Waals surface area contributed by atoms with E-state index < -0.39 is 5.66 Å². The molecule has 1 saturated heterocycles. The number of nitrogens with zero attached hydrogens (tertiary/aromatic N) is 2. The summed E-state index contributed by atoms with van der Waals surface area (Å²) in [4.78, 5) is 16.9. The number of nitrogens with one attached hydrogen (secondary N) is 1. The molecule has 1 N–H and O–H groups in total. The van der Waals surface area contributed by atoms with Crippen LogP contribution < -0.4 is 15.1 Å². The Balaban J connectivity index is 1.78. The summed E-state index contributed by atoms with van der Waals surface area (Å²) in [5.41, 5.74) is 5.26. The van der Waals surface area contributed by atoms with E-state index in [-0.39, 0.29) is 11.3 Å². The molecular weight excluding hydrogens is 346 g/mol. The Labute approximate surface area is 167 Å². The summed E-state index contributed by atoms with van der Waals surface area (Å²) in [6.07, 6.45) is 4.85. The lowest BCUT2D eigenvalue weighted by Crippen LogP contribution is -2.68. The molecule has 0 aliphatic carbocycles. The molecule has 4 rings (SSSR count). The third-order valence-electron chi connectivity index (χ3n) is 6.31. The number of hydrogen-bond donors (Lipinski definition) is 1. The lowest BCUT2D eigenvalue weighted by Gasteiger charge is -2.49. The maximum atomic E-state index is 12.5. The fourth-order valence-corrected chi connectivity index (χ4v) is 4.57. The first-order valence-electron chi connectivity index (χ1n) is 9.91. The van der Waals surface area contributed by atoms with Crippen molar-refractivity contribution < 1.29 is 4.79 Å². The number of hydrogen-bond acceptors (Lipinski definition) is 3. The molecule has 2 aliphatic heterocycles. The van der Waals surface area contributed by atoms with E-state index in [1.54, 1.807) is 0 Å². The minimum atomic E-state index is -0.557. The van der Waals surface area contributed by atoms with Gasteiger partial charge in [0.2, 0.25) is 5.91 Å². The fourth-order valence-electron chi connectivity index (χ4n) is 4.57. The highest BCUT2D eigenvalue weighted by Gasteiger charge is 2.57. The van der Waals surface area contributed by atoms with Gasteiger partial charge in [-0.25, -0.2) is 0 Å². The maximum absolute atomic E-state index is 12.5. The second-order valence-electron chi connectivity index (χ2n) is 8.68. The molecule has 2 heterocycles. The minimum absolute atomic E-state index is 0.112. The van der Waals surface area contributed by atoms with Gasteiger partial charge in [0.15, 0.2) is 0 Å². The third kappa shape index (κ3) is 2.70. The zero-order chi connectivity index (χ0) is 20.1. The van der Waals surface area contributed by atoms with E-state index in [4.69, 9.17) is 0 Å². The Kier molecular flexibility index (Phi) is 4.25. The van der Waals surface area contributed by atoms with E-state index >= 15 is 0 Å². The zero-order valence-corrected chi connectivity index (χ0v) is 17.4. The van der Waals surface area contributed by atoms with E-state index in [1.807, 2.05) is 14.1 Å². The maximum Gasteiger partial charge on any atom is 0.223 e. The highest BCUT2D eigenvalue weighted by Crippen LogP contribution is 2.52. The van der Waals surface area contributed by atoms with Crippen LogP contribution in [-0.4, -0.2) is 32.2 Å². The zero-order valence-electron chi connectivity index (χ0n) is 17.4. The second-order valence-corrected chi connectivity index (χ2v) is 8.68. The van der Waals surface area contributed by atoms with Crippen LogP contribution in [0.3, 0.4) is 0 Å². The molecule has 4 heteroatoms. The number of fused-ring (bicyclic) bond motifs is 3. The summed E-state index contributed by atoms with van der Waals surface area (Å²) < 4.78 is 0. The third-order valence-corrected chi connectivity index (χ3v) is 6.31.